The fraction of sp³-hybridized carbons (Fsp3) is 0.556. The minimum absolute atomic E-state index is 0.102. The average molecular weight is 194 g/mol. The number of hydrogen-bond acceptors (Lipinski definition) is 4. The van der Waals surface area contributed by atoms with Crippen LogP contribution in [0, 0.1) is 6.92 Å². The maximum absolute atomic E-state index is 11.2. The summed E-state index contributed by atoms with van der Waals surface area (Å²) in [5.41, 5.74) is 5.48. The first-order chi connectivity index (χ1) is 6.70. The van der Waals surface area contributed by atoms with Crippen LogP contribution in [0.3, 0.4) is 0 Å². The summed E-state index contributed by atoms with van der Waals surface area (Å²) in [5, 5.41) is 0. The van der Waals surface area contributed by atoms with Gasteiger partial charge >= 0.3 is 0 Å². The van der Waals surface area contributed by atoms with E-state index in [0.717, 1.165) is 18.8 Å². The molecule has 1 atom stereocenters. The normalized spacial score (nSPS) is 20.7. The zero-order valence-corrected chi connectivity index (χ0v) is 8.16. The van der Waals surface area contributed by atoms with Crippen LogP contribution in [0.5, 0.6) is 0 Å². The predicted molar refractivity (Wildman–Crippen MR) is 54.4 cm³/mol. The molecule has 0 amide bonds. The Morgan fingerprint density at radius 3 is 3.07 bits per heavy atom. The number of hydrogen-bond donors (Lipinski definition) is 2. The topological polar surface area (TPSA) is 75.0 Å². The Morgan fingerprint density at radius 2 is 2.57 bits per heavy atom. The summed E-state index contributed by atoms with van der Waals surface area (Å²) >= 11 is 0. The second kappa shape index (κ2) is 3.42. The van der Waals surface area contributed by atoms with Gasteiger partial charge in [-0.15, -0.1) is 0 Å². The molecule has 2 heterocycles. The lowest BCUT2D eigenvalue weighted by Gasteiger charge is -2.41. The van der Waals surface area contributed by atoms with E-state index in [1.54, 1.807) is 6.92 Å². The number of nitrogens with one attached hydrogen (secondary N) is 1. The van der Waals surface area contributed by atoms with Crippen LogP contribution < -0.4 is 16.2 Å². The van der Waals surface area contributed by atoms with Crippen LogP contribution in [0.1, 0.15) is 12.2 Å². The molecule has 0 saturated carbocycles. The smallest absolute Gasteiger partial charge is 0.252 e. The number of anilines is 1. The SMILES string of the molecule is Cc1nc(N2CCC2CN)cc(=O)[nH]1. The van der Waals surface area contributed by atoms with Crippen molar-refractivity contribution in [1.82, 2.24) is 9.97 Å². The number of H-pyrrole nitrogens is 1. The van der Waals surface area contributed by atoms with Crippen LogP contribution in [0.15, 0.2) is 10.9 Å². The summed E-state index contributed by atoms with van der Waals surface area (Å²) in [6, 6.07) is 1.87. The molecule has 1 unspecified atom stereocenters. The van der Waals surface area contributed by atoms with Crippen LogP contribution in [0.4, 0.5) is 5.82 Å². The summed E-state index contributed by atoms with van der Waals surface area (Å²) < 4.78 is 0. The maximum atomic E-state index is 11.2. The van der Waals surface area contributed by atoms with Crippen molar-refractivity contribution < 1.29 is 0 Å². The molecule has 0 spiro atoms. The van der Waals surface area contributed by atoms with Gasteiger partial charge in [0.2, 0.25) is 0 Å². The van der Waals surface area contributed by atoms with Crippen LogP contribution in [0.2, 0.25) is 0 Å². The van der Waals surface area contributed by atoms with E-state index >= 15 is 0 Å². The van der Waals surface area contributed by atoms with Gasteiger partial charge in [-0.3, -0.25) is 4.79 Å². The summed E-state index contributed by atoms with van der Waals surface area (Å²) in [7, 11) is 0. The molecule has 14 heavy (non-hydrogen) atoms. The Hall–Kier alpha value is -1.36. The van der Waals surface area contributed by atoms with Crippen LogP contribution in [0.25, 0.3) is 0 Å². The highest BCUT2D eigenvalue weighted by atomic mass is 16.1. The number of aromatic nitrogens is 2. The summed E-state index contributed by atoms with van der Waals surface area (Å²) in [6.07, 6.45) is 1.09. The van der Waals surface area contributed by atoms with E-state index < -0.39 is 0 Å². The molecule has 1 fully saturated rings. The standard InChI is InChI=1S/C9H14N4O/c1-6-11-8(4-9(14)12-6)13-3-2-7(13)5-10/h4,7H,2-3,5,10H2,1H3,(H,11,12,14). The van der Waals surface area contributed by atoms with Gasteiger partial charge in [-0.05, 0) is 13.3 Å². The summed E-state index contributed by atoms with van der Waals surface area (Å²) in [5.74, 6) is 1.39. The van der Waals surface area contributed by atoms with Crippen molar-refractivity contribution in [3.8, 4) is 0 Å². The molecule has 5 heteroatoms. The second-order valence-electron chi connectivity index (χ2n) is 3.56. The lowest BCUT2D eigenvalue weighted by Crippen LogP contribution is -2.52. The van der Waals surface area contributed by atoms with Gasteiger partial charge in [-0.2, -0.15) is 0 Å². The first-order valence-electron chi connectivity index (χ1n) is 4.75. The van der Waals surface area contributed by atoms with Crippen molar-refractivity contribution in [3.05, 3.63) is 22.2 Å². The van der Waals surface area contributed by atoms with Crippen molar-refractivity contribution in [1.29, 1.82) is 0 Å². The quantitative estimate of drug-likeness (QED) is 0.672. The zero-order chi connectivity index (χ0) is 10.1. The highest BCUT2D eigenvalue weighted by Gasteiger charge is 2.27. The first kappa shape index (κ1) is 9.21. The van der Waals surface area contributed by atoms with E-state index in [-0.39, 0.29) is 5.56 Å². The first-order valence-corrected chi connectivity index (χ1v) is 4.75. The van der Waals surface area contributed by atoms with Crippen LogP contribution in [-0.2, 0) is 0 Å². The molecular formula is C9H14N4O. The molecule has 0 aliphatic carbocycles. The minimum atomic E-state index is -0.102. The third-order valence-electron chi connectivity index (χ3n) is 2.56. The van der Waals surface area contributed by atoms with Gasteiger partial charge in [0.15, 0.2) is 0 Å². The minimum Gasteiger partial charge on any atom is -0.352 e. The molecule has 3 N–H and O–H groups in total. The number of nitrogens with zero attached hydrogens (tertiary/aromatic N) is 2. The highest BCUT2D eigenvalue weighted by molar-refractivity contribution is 5.42. The van der Waals surface area contributed by atoms with Crippen LogP contribution >= 0.6 is 0 Å². The van der Waals surface area contributed by atoms with Gasteiger partial charge in [0.1, 0.15) is 11.6 Å². The Balaban J connectivity index is 2.28. The molecule has 76 valence electrons. The number of aryl methyl sites for hydroxylation is 1. The van der Waals surface area contributed by atoms with Crippen molar-refractivity contribution in [2.24, 2.45) is 5.73 Å². The van der Waals surface area contributed by atoms with E-state index in [2.05, 4.69) is 14.9 Å². The number of aromatic amines is 1. The van der Waals surface area contributed by atoms with Gasteiger partial charge < -0.3 is 15.6 Å². The van der Waals surface area contributed by atoms with E-state index in [1.165, 1.54) is 6.07 Å². The van der Waals surface area contributed by atoms with Gasteiger partial charge in [-0.25, -0.2) is 4.98 Å². The van der Waals surface area contributed by atoms with Crippen molar-refractivity contribution in [3.63, 3.8) is 0 Å². The van der Waals surface area contributed by atoms with E-state index in [0.29, 0.717) is 18.4 Å². The largest absolute Gasteiger partial charge is 0.352 e. The molecule has 2 rings (SSSR count). The average Bonchev–Trinajstić information content (AvgIpc) is 2.00. The summed E-state index contributed by atoms with van der Waals surface area (Å²) in [4.78, 5) is 20.2. The molecular weight excluding hydrogens is 180 g/mol. The summed E-state index contributed by atoms with van der Waals surface area (Å²) in [6.45, 7) is 3.34. The molecule has 1 aromatic rings. The van der Waals surface area contributed by atoms with Crippen molar-refractivity contribution >= 4 is 5.82 Å². The fourth-order valence-electron chi connectivity index (χ4n) is 1.70. The number of nitrogens with two attached hydrogens (primary N) is 1. The maximum Gasteiger partial charge on any atom is 0.252 e. The lowest BCUT2D eigenvalue weighted by atomic mass is 10.0. The van der Waals surface area contributed by atoms with Crippen LogP contribution in [-0.4, -0.2) is 29.1 Å². The predicted octanol–water partition coefficient (Wildman–Crippen LogP) is -0.384. The molecule has 0 bridgehead atoms. The Bertz CT molecular complexity index is 385. The monoisotopic (exact) mass is 194 g/mol. The number of rotatable bonds is 2. The Kier molecular flexibility index (Phi) is 2.25. The fourth-order valence-corrected chi connectivity index (χ4v) is 1.70. The third kappa shape index (κ3) is 1.50. The Labute approximate surface area is 82.0 Å². The molecule has 0 aromatic carbocycles. The molecule has 1 saturated heterocycles. The highest BCUT2D eigenvalue weighted by Crippen LogP contribution is 2.22. The molecule has 0 radical (unpaired) electrons. The van der Waals surface area contributed by atoms with Gasteiger partial charge in [-0.1, -0.05) is 0 Å². The van der Waals surface area contributed by atoms with E-state index in [4.69, 9.17) is 5.73 Å². The van der Waals surface area contributed by atoms with E-state index in [1.807, 2.05) is 0 Å². The van der Waals surface area contributed by atoms with Crippen molar-refractivity contribution in [2.45, 2.75) is 19.4 Å². The molecule has 5 nitrogen and oxygen atoms in total. The van der Waals surface area contributed by atoms with Gasteiger partial charge in [0.25, 0.3) is 5.56 Å². The van der Waals surface area contributed by atoms with Crippen molar-refractivity contribution in [2.75, 3.05) is 18.0 Å². The van der Waals surface area contributed by atoms with Gasteiger partial charge in [0.05, 0.1) is 0 Å². The molecule has 1 aromatic heterocycles. The Morgan fingerprint density at radius 1 is 1.79 bits per heavy atom. The molecule has 1 aliphatic rings. The lowest BCUT2D eigenvalue weighted by molar-refractivity contribution is 0.451. The molecule has 1 aliphatic heterocycles. The third-order valence-corrected chi connectivity index (χ3v) is 2.56. The van der Waals surface area contributed by atoms with Gasteiger partial charge in [0, 0.05) is 25.2 Å². The zero-order valence-electron chi connectivity index (χ0n) is 8.16. The second-order valence-corrected chi connectivity index (χ2v) is 3.56. The van der Waals surface area contributed by atoms with E-state index in [9.17, 15) is 4.79 Å².